The second kappa shape index (κ2) is 6.78. The van der Waals surface area contributed by atoms with Gasteiger partial charge >= 0.3 is 6.18 Å². The minimum atomic E-state index is -4.00. The van der Waals surface area contributed by atoms with Crippen LogP contribution in [-0.4, -0.2) is 18.8 Å². The zero-order valence-corrected chi connectivity index (χ0v) is 11.6. The first-order chi connectivity index (χ1) is 8.31. The first-order valence-corrected chi connectivity index (χ1v) is 7.11. The van der Waals surface area contributed by atoms with Gasteiger partial charge in [-0.15, -0.1) is 0 Å². The number of halogens is 3. The van der Waals surface area contributed by atoms with E-state index in [1.54, 1.807) is 0 Å². The largest absolute Gasteiger partial charge is 0.389 e. The molecule has 1 fully saturated rings. The highest BCUT2D eigenvalue weighted by molar-refractivity contribution is 4.81. The van der Waals surface area contributed by atoms with Crippen molar-refractivity contribution in [3.05, 3.63) is 0 Å². The van der Waals surface area contributed by atoms with E-state index in [0.29, 0.717) is 11.8 Å². The number of hydrogen-bond acceptors (Lipinski definition) is 1. The third-order valence-electron chi connectivity index (χ3n) is 4.04. The molecule has 0 aromatic rings. The van der Waals surface area contributed by atoms with Crippen molar-refractivity contribution in [2.45, 2.75) is 77.4 Å². The van der Waals surface area contributed by atoms with Gasteiger partial charge in [0.05, 0.1) is 0 Å². The molecule has 18 heavy (non-hydrogen) atoms. The van der Waals surface area contributed by atoms with E-state index < -0.39 is 12.6 Å². The van der Waals surface area contributed by atoms with Crippen molar-refractivity contribution in [1.82, 2.24) is 5.32 Å². The topological polar surface area (TPSA) is 12.0 Å². The van der Waals surface area contributed by atoms with E-state index in [-0.39, 0.29) is 12.5 Å². The van der Waals surface area contributed by atoms with Gasteiger partial charge in [-0.1, -0.05) is 26.2 Å². The van der Waals surface area contributed by atoms with E-state index in [1.165, 1.54) is 32.1 Å². The molecule has 1 N–H and O–H groups in total. The Bertz CT molecular complexity index is 232. The molecule has 1 aliphatic carbocycles. The fraction of sp³-hybridized carbons (Fsp3) is 1.00. The van der Waals surface area contributed by atoms with E-state index in [9.17, 15) is 13.2 Å². The van der Waals surface area contributed by atoms with Gasteiger partial charge in [-0.2, -0.15) is 13.2 Å². The van der Waals surface area contributed by atoms with Crippen LogP contribution in [0.15, 0.2) is 0 Å². The van der Waals surface area contributed by atoms with Crippen molar-refractivity contribution in [1.29, 1.82) is 0 Å². The van der Waals surface area contributed by atoms with Crippen LogP contribution in [-0.2, 0) is 0 Å². The van der Waals surface area contributed by atoms with Crippen LogP contribution in [0.3, 0.4) is 0 Å². The average molecular weight is 265 g/mol. The van der Waals surface area contributed by atoms with Gasteiger partial charge in [0.2, 0.25) is 0 Å². The quantitative estimate of drug-likeness (QED) is 0.736. The molecule has 0 aromatic heterocycles. The predicted octanol–water partition coefficient (Wildman–Crippen LogP) is 4.67. The van der Waals surface area contributed by atoms with Crippen molar-refractivity contribution in [2.75, 3.05) is 6.54 Å². The van der Waals surface area contributed by atoms with Crippen LogP contribution < -0.4 is 5.32 Å². The van der Waals surface area contributed by atoms with Gasteiger partial charge in [-0.25, -0.2) is 0 Å². The van der Waals surface area contributed by atoms with Crippen molar-refractivity contribution in [3.8, 4) is 0 Å². The second-order valence-electron chi connectivity index (χ2n) is 6.16. The molecule has 1 aliphatic rings. The molecule has 0 aromatic carbocycles. The van der Waals surface area contributed by atoms with Crippen LogP contribution in [0.25, 0.3) is 0 Å². The lowest BCUT2D eigenvalue weighted by Gasteiger charge is -2.35. The summed E-state index contributed by atoms with van der Waals surface area (Å²) in [6, 6.07) is 0.186. The number of alkyl halides is 3. The molecule has 108 valence electrons. The summed E-state index contributed by atoms with van der Waals surface area (Å²) in [6.07, 6.45) is 2.58. The maximum absolute atomic E-state index is 12.0. The molecular weight excluding hydrogens is 239 g/mol. The van der Waals surface area contributed by atoms with Crippen molar-refractivity contribution >= 4 is 0 Å². The zero-order chi connectivity index (χ0) is 13.6. The Balaban J connectivity index is 2.14. The highest BCUT2D eigenvalue weighted by Crippen LogP contribution is 2.35. The summed E-state index contributed by atoms with van der Waals surface area (Å²) in [5.74, 6) is 0. The molecule has 1 saturated carbocycles. The summed E-state index contributed by atoms with van der Waals surface area (Å²) >= 11 is 0. The van der Waals surface area contributed by atoms with Crippen molar-refractivity contribution in [2.24, 2.45) is 5.41 Å². The highest BCUT2D eigenvalue weighted by Gasteiger charge is 2.28. The lowest BCUT2D eigenvalue weighted by molar-refractivity contribution is -0.135. The van der Waals surface area contributed by atoms with Crippen LogP contribution in [0.5, 0.6) is 0 Å². The SMILES string of the molecule is CC(CCCC(F)(F)F)NCC1(C)CCCCC1. The molecule has 0 heterocycles. The summed E-state index contributed by atoms with van der Waals surface area (Å²) in [5.41, 5.74) is 0.358. The van der Waals surface area contributed by atoms with Crippen LogP contribution in [0, 0.1) is 5.41 Å². The Morgan fingerprint density at radius 1 is 1.17 bits per heavy atom. The zero-order valence-electron chi connectivity index (χ0n) is 11.6. The minimum Gasteiger partial charge on any atom is -0.314 e. The molecule has 4 heteroatoms. The number of nitrogens with one attached hydrogen (secondary N) is 1. The molecule has 0 aliphatic heterocycles. The van der Waals surface area contributed by atoms with Gasteiger partial charge < -0.3 is 5.32 Å². The van der Waals surface area contributed by atoms with Gasteiger partial charge in [0.15, 0.2) is 0 Å². The lowest BCUT2D eigenvalue weighted by atomic mass is 9.75. The molecule has 0 amide bonds. The predicted molar refractivity (Wildman–Crippen MR) is 68.6 cm³/mol. The van der Waals surface area contributed by atoms with Crippen molar-refractivity contribution in [3.63, 3.8) is 0 Å². The van der Waals surface area contributed by atoms with Crippen LogP contribution in [0.1, 0.15) is 65.2 Å². The lowest BCUT2D eigenvalue weighted by Crippen LogP contribution is -2.38. The van der Waals surface area contributed by atoms with Gasteiger partial charge in [0.1, 0.15) is 0 Å². The van der Waals surface area contributed by atoms with Gasteiger partial charge in [-0.3, -0.25) is 0 Å². The van der Waals surface area contributed by atoms with Gasteiger partial charge in [0.25, 0.3) is 0 Å². The third kappa shape index (κ3) is 6.62. The first kappa shape index (κ1) is 15.8. The Hall–Kier alpha value is -0.250. The summed E-state index contributed by atoms with van der Waals surface area (Å²) in [7, 11) is 0. The summed E-state index contributed by atoms with van der Waals surface area (Å²) in [4.78, 5) is 0. The molecular formula is C14H26F3N. The number of rotatable bonds is 6. The first-order valence-electron chi connectivity index (χ1n) is 7.11. The number of hydrogen-bond donors (Lipinski definition) is 1. The summed E-state index contributed by atoms with van der Waals surface area (Å²) in [6.45, 7) is 5.23. The van der Waals surface area contributed by atoms with E-state index in [4.69, 9.17) is 0 Å². The normalized spacial score (nSPS) is 21.8. The van der Waals surface area contributed by atoms with E-state index in [0.717, 1.165) is 6.54 Å². The molecule has 0 bridgehead atoms. The van der Waals surface area contributed by atoms with Gasteiger partial charge in [-0.05, 0) is 38.0 Å². The van der Waals surface area contributed by atoms with Crippen LogP contribution >= 0.6 is 0 Å². The Labute approximate surface area is 109 Å². The Kier molecular flexibility index (Phi) is 5.96. The molecule has 1 atom stereocenters. The fourth-order valence-electron chi connectivity index (χ4n) is 2.71. The molecule has 0 spiro atoms. The molecule has 1 unspecified atom stereocenters. The molecule has 0 saturated heterocycles. The Morgan fingerprint density at radius 3 is 2.33 bits per heavy atom. The average Bonchev–Trinajstić information content (AvgIpc) is 2.26. The third-order valence-corrected chi connectivity index (χ3v) is 4.04. The van der Waals surface area contributed by atoms with Crippen molar-refractivity contribution < 1.29 is 13.2 Å². The van der Waals surface area contributed by atoms with E-state index in [1.807, 2.05) is 6.92 Å². The molecule has 0 radical (unpaired) electrons. The van der Waals surface area contributed by atoms with Crippen LogP contribution in [0.4, 0.5) is 13.2 Å². The second-order valence-corrected chi connectivity index (χ2v) is 6.16. The smallest absolute Gasteiger partial charge is 0.314 e. The maximum atomic E-state index is 12.0. The fourth-order valence-corrected chi connectivity index (χ4v) is 2.71. The highest BCUT2D eigenvalue weighted by atomic mass is 19.4. The van der Waals surface area contributed by atoms with Crippen LogP contribution in [0.2, 0.25) is 0 Å². The standard InChI is InChI=1S/C14H26F3N/c1-12(7-6-10-14(15,16)17)18-11-13(2)8-4-3-5-9-13/h12,18H,3-11H2,1-2H3. The molecule has 1 nitrogen and oxygen atoms in total. The summed E-state index contributed by atoms with van der Waals surface area (Å²) < 4.78 is 36.1. The summed E-state index contributed by atoms with van der Waals surface area (Å²) in [5, 5.41) is 3.41. The minimum absolute atomic E-state index is 0.186. The van der Waals surface area contributed by atoms with Gasteiger partial charge in [0, 0.05) is 19.0 Å². The monoisotopic (exact) mass is 265 g/mol. The van der Waals surface area contributed by atoms with E-state index in [2.05, 4.69) is 12.2 Å². The Morgan fingerprint density at radius 2 is 1.78 bits per heavy atom. The maximum Gasteiger partial charge on any atom is 0.389 e. The van der Waals surface area contributed by atoms with E-state index >= 15 is 0 Å². The molecule has 1 rings (SSSR count).